The predicted octanol–water partition coefficient (Wildman–Crippen LogP) is 1.73. The molecule has 1 rings (SSSR count). The smallest absolute Gasteiger partial charge is 0.271 e. The largest absolute Gasteiger partial charge is 0.396 e. The van der Waals surface area contributed by atoms with Crippen molar-refractivity contribution in [1.82, 2.24) is 10.3 Å². The average Bonchev–Trinajstić information content (AvgIpc) is 2.17. The van der Waals surface area contributed by atoms with E-state index in [4.69, 9.17) is 5.11 Å². The van der Waals surface area contributed by atoms with E-state index >= 15 is 0 Å². The van der Waals surface area contributed by atoms with Crippen molar-refractivity contribution in [2.75, 3.05) is 6.61 Å². The summed E-state index contributed by atoms with van der Waals surface area (Å²) < 4.78 is 0.660. The molecule has 1 heterocycles. The van der Waals surface area contributed by atoms with Crippen LogP contribution in [0.1, 0.15) is 30.8 Å². The van der Waals surface area contributed by atoms with Gasteiger partial charge in [0.1, 0.15) is 5.69 Å². The molecule has 1 amide bonds. The summed E-state index contributed by atoms with van der Waals surface area (Å²) in [7, 11) is 0. The molecule has 0 saturated heterocycles. The molecule has 1 aromatic rings. The molecule has 4 nitrogen and oxygen atoms in total. The molecule has 0 bridgehead atoms. The molecule has 0 aliphatic rings. The number of halogens is 1. The van der Waals surface area contributed by atoms with Crippen molar-refractivity contribution in [3.8, 4) is 0 Å². The molecule has 0 spiro atoms. The van der Waals surface area contributed by atoms with Crippen LogP contribution in [-0.2, 0) is 0 Å². The summed E-state index contributed by atoms with van der Waals surface area (Å²) in [4.78, 5) is 15.9. The minimum absolute atomic E-state index is 0.0384. The van der Waals surface area contributed by atoms with Crippen molar-refractivity contribution in [2.24, 2.45) is 0 Å². The molecule has 0 aliphatic heterocycles. The van der Waals surface area contributed by atoms with Crippen molar-refractivity contribution in [3.63, 3.8) is 0 Å². The van der Waals surface area contributed by atoms with Gasteiger partial charge in [0, 0.05) is 22.8 Å². The van der Waals surface area contributed by atoms with Crippen molar-refractivity contribution < 1.29 is 9.90 Å². The van der Waals surface area contributed by atoms with E-state index in [1.807, 2.05) is 13.8 Å². The third kappa shape index (κ3) is 3.57. The highest BCUT2D eigenvalue weighted by Crippen LogP contribution is 2.15. The van der Waals surface area contributed by atoms with Crippen molar-refractivity contribution >= 4 is 21.8 Å². The number of aromatic nitrogens is 1. The van der Waals surface area contributed by atoms with E-state index in [1.165, 1.54) is 0 Å². The standard InChI is InChI=1S/C11H15BrN2O2/c1-11(2,5-7-15)14-10(16)9-8(12)4-3-6-13-9/h3-4,6,15H,5,7H2,1-2H3,(H,14,16). The highest BCUT2D eigenvalue weighted by molar-refractivity contribution is 9.10. The number of aliphatic hydroxyl groups excluding tert-OH is 1. The van der Waals surface area contributed by atoms with Gasteiger partial charge in [0.2, 0.25) is 0 Å². The Bertz CT molecular complexity index is 380. The highest BCUT2D eigenvalue weighted by Gasteiger charge is 2.22. The summed E-state index contributed by atoms with van der Waals surface area (Å²) in [6.45, 7) is 3.76. The molecule has 0 atom stereocenters. The molecule has 5 heteroatoms. The van der Waals surface area contributed by atoms with E-state index in [-0.39, 0.29) is 12.5 Å². The van der Waals surface area contributed by atoms with Crippen LogP contribution >= 0.6 is 15.9 Å². The topological polar surface area (TPSA) is 62.2 Å². The van der Waals surface area contributed by atoms with Gasteiger partial charge in [0.15, 0.2) is 0 Å². The maximum atomic E-state index is 11.9. The monoisotopic (exact) mass is 286 g/mol. The number of hydrogen-bond acceptors (Lipinski definition) is 3. The molecule has 0 unspecified atom stereocenters. The quantitative estimate of drug-likeness (QED) is 0.886. The van der Waals surface area contributed by atoms with Gasteiger partial charge in [-0.05, 0) is 48.3 Å². The summed E-state index contributed by atoms with van der Waals surface area (Å²) in [5.41, 5.74) is -0.0866. The SMILES string of the molecule is CC(C)(CCO)NC(=O)c1ncccc1Br. The number of carbonyl (C=O) groups excluding carboxylic acids is 1. The lowest BCUT2D eigenvalue weighted by Gasteiger charge is -2.25. The first-order chi connectivity index (χ1) is 7.46. The fourth-order valence-corrected chi connectivity index (χ4v) is 1.70. The fraction of sp³-hybridized carbons (Fsp3) is 0.455. The van der Waals surface area contributed by atoms with Gasteiger partial charge in [0.05, 0.1) is 0 Å². The van der Waals surface area contributed by atoms with Gasteiger partial charge < -0.3 is 10.4 Å². The average molecular weight is 287 g/mol. The number of rotatable bonds is 4. The zero-order chi connectivity index (χ0) is 12.2. The maximum Gasteiger partial charge on any atom is 0.271 e. The Labute approximate surface area is 103 Å². The third-order valence-corrected chi connectivity index (χ3v) is 2.80. The van der Waals surface area contributed by atoms with Gasteiger partial charge >= 0.3 is 0 Å². The van der Waals surface area contributed by atoms with Gasteiger partial charge in [-0.1, -0.05) is 0 Å². The Morgan fingerprint density at radius 3 is 2.88 bits per heavy atom. The molecule has 0 aromatic carbocycles. The van der Waals surface area contributed by atoms with Crippen LogP contribution in [0, 0.1) is 0 Å². The molecule has 2 N–H and O–H groups in total. The van der Waals surface area contributed by atoms with Crippen LogP contribution < -0.4 is 5.32 Å². The zero-order valence-electron chi connectivity index (χ0n) is 9.33. The second-order valence-corrected chi connectivity index (χ2v) is 5.00. The number of aliphatic hydroxyl groups is 1. The molecule has 88 valence electrons. The van der Waals surface area contributed by atoms with E-state index in [0.29, 0.717) is 16.6 Å². The van der Waals surface area contributed by atoms with Gasteiger partial charge in [-0.25, -0.2) is 4.98 Å². The van der Waals surface area contributed by atoms with Gasteiger partial charge in [-0.2, -0.15) is 0 Å². The molecular formula is C11H15BrN2O2. The minimum Gasteiger partial charge on any atom is -0.396 e. The van der Waals surface area contributed by atoms with Crippen molar-refractivity contribution in [1.29, 1.82) is 0 Å². The van der Waals surface area contributed by atoms with Gasteiger partial charge in [-0.3, -0.25) is 4.79 Å². The lowest BCUT2D eigenvalue weighted by molar-refractivity contribution is 0.0893. The first kappa shape index (κ1) is 13.1. The van der Waals surface area contributed by atoms with E-state index in [1.54, 1.807) is 18.3 Å². The van der Waals surface area contributed by atoms with Crippen LogP contribution in [0.15, 0.2) is 22.8 Å². The van der Waals surface area contributed by atoms with Gasteiger partial charge in [-0.15, -0.1) is 0 Å². The number of carbonyl (C=O) groups is 1. The second-order valence-electron chi connectivity index (χ2n) is 4.15. The summed E-state index contributed by atoms with van der Waals surface area (Å²) in [5.74, 6) is -0.245. The molecule has 0 saturated carbocycles. The van der Waals surface area contributed by atoms with Crippen LogP contribution in [0.3, 0.4) is 0 Å². The summed E-state index contributed by atoms with van der Waals surface area (Å²) in [5, 5.41) is 11.7. The molecule has 0 aliphatic carbocycles. The lowest BCUT2D eigenvalue weighted by Crippen LogP contribution is -2.44. The highest BCUT2D eigenvalue weighted by atomic mass is 79.9. The molecule has 0 radical (unpaired) electrons. The van der Waals surface area contributed by atoms with Crippen LogP contribution in [0.4, 0.5) is 0 Å². The normalized spacial score (nSPS) is 11.2. The van der Waals surface area contributed by atoms with E-state index in [9.17, 15) is 4.79 Å². The summed E-state index contributed by atoms with van der Waals surface area (Å²) in [6.07, 6.45) is 2.07. The fourth-order valence-electron chi connectivity index (χ4n) is 1.26. The van der Waals surface area contributed by atoms with E-state index in [0.717, 1.165) is 0 Å². The van der Waals surface area contributed by atoms with Crippen molar-refractivity contribution in [3.05, 3.63) is 28.5 Å². The van der Waals surface area contributed by atoms with Gasteiger partial charge in [0.25, 0.3) is 5.91 Å². The number of nitrogens with zero attached hydrogens (tertiary/aromatic N) is 1. The first-order valence-electron chi connectivity index (χ1n) is 5.00. The lowest BCUT2D eigenvalue weighted by atomic mass is 10.0. The summed E-state index contributed by atoms with van der Waals surface area (Å²) in [6, 6.07) is 3.51. The predicted molar refractivity (Wildman–Crippen MR) is 65.2 cm³/mol. The Hall–Kier alpha value is -0.940. The van der Waals surface area contributed by atoms with Crippen LogP contribution in [0.5, 0.6) is 0 Å². The molecular weight excluding hydrogens is 272 g/mol. The Morgan fingerprint density at radius 2 is 2.31 bits per heavy atom. The third-order valence-electron chi connectivity index (χ3n) is 2.16. The summed E-state index contributed by atoms with van der Waals surface area (Å²) >= 11 is 3.27. The number of pyridine rings is 1. The van der Waals surface area contributed by atoms with Crippen molar-refractivity contribution in [2.45, 2.75) is 25.8 Å². The minimum atomic E-state index is -0.442. The van der Waals surface area contributed by atoms with E-state index in [2.05, 4.69) is 26.2 Å². The van der Waals surface area contributed by atoms with Crippen LogP contribution in [0.25, 0.3) is 0 Å². The zero-order valence-corrected chi connectivity index (χ0v) is 10.9. The second kappa shape index (κ2) is 5.41. The van der Waals surface area contributed by atoms with Crippen LogP contribution in [-0.4, -0.2) is 28.1 Å². The Balaban J connectivity index is 2.77. The first-order valence-corrected chi connectivity index (χ1v) is 5.79. The maximum absolute atomic E-state index is 11.9. The molecule has 16 heavy (non-hydrogen) atoms. The Morgan fingerprint density at radius 1 is 1.62 bits per heavy atom. The number of hydrogen-bond donors (Lipinski definition) is 2. The number of nitrogens with one attached hydrogen (secondary N) is 1. The van der Waals surface area contributed by atoms with Crippen LogP contribution in [0.2, 0.25) is 0 Å². The van der Waals surface area contributed by atoms with E-state index < -0.39 is 5.54 Å². The molecule has 1 aromatic heterocycles. The Kier molecular flexibility index (Phi) is 4.44. The molecule has 0 fully saturated rings. The number of amides is 1.